The van der Waals surface area contributed by atoms with E-state index in [2.05, 4.69) is 0 Å². The van der Waals surface area contributed by atoms with Gasteiger partial charge in [0.15, 0.2) is 11.1 Å². The minimum absolute atomic E-state index is 0.459. The van der Waals surface area contributed by atoms with Crippen LogP contribution in [0.3, 0.4) is 0 Å². The zero-order chi connectivity index (χ0) is 8.36. The molecule has 0 amide bonds. The first kappa shape index (κ1) is 10.0. The molecule has 0 aliphatic heterocycles. The molecule has 2 unspecified atom stereocenters. The van der Waals surface area contributed by atoms with Crippen molar-refractivity contribution in [1.82, 2.24) is 0 Å². The van der Waals surface area contributed by atoms with E-state index in [0.29, 0.717) is 0 Å². The van der Waals surface area contributed by atoms with Crippen LogP contribution in [0, 0.1) is 0 Å². The van der Waals surface area contributed by atoms with Gasteiger partial charge in [-0.3, -0.25) is 4.55 Å². The Hall–Kier alpha value is 0.0200. The highest BCUT2D eigenvalue weighted by Gasteiger charge is 2.18. The van der Waals surface area contributed by atoms with E-state index < -0.39 is 32.2 Å². The third-order valence-corrected chi connectivity index (χ3v) is 3.07. The number of hydrogen-bond donors (Lipinski definition) is 2. The van der Waals surface area contributed by atoms with Crippen LogP contribution in [0.5, 0.6) is 0 Å². The highest BCUT2D eigenvalue weighted by atomic mass is 32.2. The maximum Gasteiger partial charge on any atom is 0.268 e. The van der Waals surface area contributed by atoms with E-state index in [1.807, 2.05) is 0 Å². The second-order valence-electron chi connectivity index (χ2n) is 1.81. The third-order valence-electron chi connectivity index (χ3n) is 0.886. The molecule has 5 nitrogen and oxygen atoms in total. The minimum Gasteiger partial charge on any atom is -0.306 e. The van der Waals surface area contributed by atoms with Crippen LogP contribution in [0.2, 0.25) is 0 Å². The van der Waals surface area contributed by atoms with Crippen LogP contribution in [0.15, 0.2) is 0 Å². The van der Waals surface area contributed by atoms with Crippen LogP contribution in [-0.2, 0) is 21.2 Å². The van der Waals surface area contributed by atoms with Gasteiger partial charge in [-0.05, 0) is 6.92 Å². The zero-order valence-corrected chi connectivity index (χ0v) is 6.85. The van der Waals surface area contributed by atoms with E-state index in [1.165, 1.54) is 0 Å². The van der Waals surface area contributed by atoms with E-state index >= 15 is 0 Å². The van der Waals surface area contributed by atoms with Gasteiger partial charge in [-0.1, -0.05) is 0 Å². The van der Waals surface area contributed by atoms with Gasteiger partial charge in [-0.15, -0.1) is 0 Å². The maximum atomic E-state index is 10.2. The van der Waals surface area contributed by atoms with E-state index in [-0.39, 0.29) is 0 Å². The molecule has 0 spiro atoms. The topological polar surface area (TPSA) is 91.7 Å². The summed E-state index contributed by atoms with van der Waals surface area (Å²) >= 11 is -2.18. The van der Waals surface area contributed by atoms with Crippen LogP contribution in [0.25, 0.3) is 0 Å². The highest BCUT2D eigenvalue weighted by molar-refractivity contribution is 7.88. The summed E-state index contributed by atoms with van der Waals surface area (Å²) in [4.78, 5) is 0. The van der Waals surface area contributed by atoms with Gasteiger partial charge < -0.3 is 4.55 Å². The van der Waals surface area contributed by atoms with Crippen molar-refractivity contribution in [3.63, 3.8) is 0 Å². The fraction of sp³-hybridized carbons (Fsp3) is 1.00. The summed E-state index contributed by atoms with van der Waals surface area (Å²) in [6, 6.07) is 0. The van der Waals surface area contributed by atoms with Crippen molar-refractivity contribution < 1.29 is 21.7 Å². The zero-order valence-electron chi connectivity index (χ0n) is 5.22. The molecule has 0 aliphatic carbocycles. The van der Waals surface area contributed by atoms with Gasteiger partial charge in [0.1, 0.15) is 0 Å². The fourth-order valence-electron chi connectivity index (χ4n) is 0.287. The minimum atomic E-state index is -4.15. The highest BCUT2D eigenvalue weighted by Crippen LogP contribution is 1.97. The first-order valence-electron chi connectivity index (χ1n) is 2.38. The average molecular weight is 188 g/mol. The van der Waals surface area contributed by atoms with Crippen molar-refractivity contribution in [2.45, 2.75) is 12.2 Å². The fourth-order valence-corrected chi connectivity index (χ4v) is 1.73. The van der Waals surface area contributed by atoms with Crippen LogP contribution < -0.4 is 0 Å². The molecule has 0 aromatic heterocycles. The lowest BCUT2D eigenvalue weighted by molar-refractivity contribution is 0.472. The van der Waals surface area contributed by atoms with E-state index in [0.717, 1.165) is 6.92 Å². The quantitative estimate of drug-likeness (QED) is 0.459. The summed E-state index contributed by atoms with van der Waals surface area (Å²) in [5.74, 6) is -0.459. The molecule has 0 heterocycles. The first-order valence-corrected chi connectivity index (χ1v) is 5.15. The molecule has 0 fully saturated rings. The van der Waals surface area contributed by atoms with Gasteiger partial charge in [0.2, 0.25) is 0 Å². The van der Waals surface area contributed by atoms with Gasteiger partial charge in [-0.25, -0.2) is 4.21 Å². The third kappa shape index (κ3) is 3.94. The standard InChI is InChI=1S/C3H8O5S2/c1-3(2-9(4)5)10(6,7)8/h3H,2H2,1H3,(H,4,5)(H,6,7,8). The second-order valence-corrected chi connectivity index (χ2v) is 4.62. The number of rotatable bonds is 3. The lowest BCUT2D eigenvalue weighted by Gasteiger charge is -2.02. The number of hydrogen-bond acceptors (Lipinski definition) is 3. The summed E-state index contributed by atoms with van der Waals surface area (Å²) in [5, 5.41) is -1.18. The Kier molecular flexibility index (Phi) is 3.43. The van der Waals surface area contributed by atoms with Gasteiger partial charge in [0, 0.05) is 0 Å². The molecule has 0 rings (SSSR count). The summed E-state index contributed by atoms with van der Waals surface area (Å²) in [7, 11) is -4.15. The van der Waals surface area contributed by atoms with Crippen molar-refractivity contribution >= 4 is 21.2 Å². The largest absolute Gasteiger partial charge is 0.306 e. The van der Waals surface area contributed by atoms with Crippen molar-refractivity contribution in [2.24, 2.45) is 0 Å². The maximum absolute atomic E-state index is 10.2. The molecule has 10 heavy (non-hydrogen) atoms. The summed E-state index contributed by atoms with van der Waals surface area (Å²) in [6.45, 7) is 1.16. The van der Waals surface area contributed by atoms with Gasteiger partial charge >= 0.3 is 0 Å². The Bertz CT molecular complexity index is 217. The molecule has 0 aliphatic rings. The van der Waals surface area contributed by atoms with Crippen molar-refractivity contribution in [3.8, 4) is 0 Å². The van der Waals surface area contributed by atoms with Crippen molar-refractivity contribution in [2.75, 3.05) is 5.75 Å². The predicted molar refractivity (Wildman–Crippen MR) is 36.6 cm³/mol. The van der Waals surface area contributed by atoms with E-state index in [4.69, 9.17) is 9.11 Å². The molecular formula is C3H8O5S2. The monoisotopic (exact) mass is 188 g/mol. The van der Waals surface area contributed by atoms with Gasteiger partial charge in [0.25, 0.3) is 10.1 Å². The smallest absolute Gasteiger partial charge is 0.268 e. The van der Waals surface area contributed by atoms with Crippen LogP contribution in [0.1, 0.15) is 6.92 Å². The molecular weight excluding hydrogens is 180 g/mol. The van der Waals surface area contributed by atoms with Gasteiger partial charge in [0.05, 0.1) is 11.0 Å². The Morgan fingerprint density at radius 1 is 1.60 bits per heavy atom. The molecule has 0 aromatic carbocycles. The summed E-state index contributed by atoms with van der Waals surface area (Å²) < 4.78 is 46.8. The van der Waals surface area contributed by atoms with E-state index in [9.17, 15) is 12.6 Å². The van der Waals surface area contributed by atoms with Crippen LogP contribution in [0.4, 0.5) is 0 Å². The predicted octanol–water partition coefficient (Wildman–Crippen LogP) is -0.516. The molecule has 0 bridgehead atoms. The molecule has 0 aromatic rings. The molecule has 62 valence electrons. The molecule has 7 heteroatoms. The van der Waals surface area contributed by atoms with E-state index in [1.54, 1.807) is 0 Å². The summed E-state index contributed by atoms with van der Waals surface area (Å²) in [6.07, 6.45) is 0. The molecule has 0 radical (unpaired) electrons. The van der Waals surface area contributed by atoms with Crippen LogP contribution in [-0.4, -0.2) is 32.7 Å². The Balaban J connectivity index is 4.12. The lowest BCUT2D eigenvalue weighted by Crippen LogP contribution is -2.23. The normalized spacial score (nSPS) is 18.3. The first-order chi connectivity index (χ1) is 4.34. The molecule has 0 saturated carbocycles. The summed E-state index contributed by atoms with van der Waals surface area (Å²) in [5.41, 5.74) is 0. The molecule has 2 atom stereocenters. The molecule has 0 saturated heterocycles. The molecule has 2 N–H and O–H groups in total. The lowest BCUT2D eigenvalue weighted by atomic mass is 10.6. The Morgan fingerprint density at radius 3 is 2.10 bits per heavy atom. The second kappa shape index (κ2) is 3.42. The van der Waals surface area contributed by atoms with Crippen molar-refractivity contribution in [3.05, 3.63) is 0 Å². The van der Waals surface area contributed by atoms with Gasteiger partial charge in [-0.2, -0.15) is 8.42 Å². The SMILES string of the molecule is CC(CS(=O)O)S(=O)(=O)O. The Morgan fingerprint density at radius 2 is 2.00 bits per heavy atom. The van der Waals surface area contributed by atoms with Crippen molar-refractivity contribution in [1.29, 1.82) is 0 Å². The van der Waals surface area contributed by atoms with Crippen LogP contribution >= 0.6 is 0 Å². The Labute approximate surface area is 61.5 Å². The average Bonchev–Trinajstić information content (AvgIpc) is 1.60.